The van der Waals surface area contributed by atoms with Crippen LogP contribution in [0.5, 0.6) is 5.75 Å². The van der Waals surface area contributed by atoms with E-state index in [0.717, 1.165) is 25.1 Å². The molecule has 0 radical (unpaired) electrons. The molecule has 1 atom stereocenters. The van der Waals surface area contributed by atoms with Crippen LogP contribution in [-0.4, -0.2) is 64.4 Å². The molecule has 182 valence electrons. The molecule has 1 unspecified atom stereocenters. The van der Waals surface area contributed by atoms with Crippen LogP contribution in [0.4, 0.5) is 0 Å². The molecule has 1 aliphatic heterocycles. The Balaban J connectivity index is 2.02. The lowest BCUT2D eigenvalue weighted by Crippen LogP contribution is -2.38. The number of pyridine rings is 1. The molecule has 2 heterocycles. The van der Waals surface area contributed by atoms with E-state index in [1.54, 1.807) is 29.4 Å². The van der Waals surface area contributed by atoms with E-state index in [1.165, 1.54) is 0 Å². The highest BCUT2D eigenvalue weighted by Crippen LogP contribution is 2.40. The zero-order valence-electron chi connectivity index (χ0n) is 20.5. The number of hydrogen-bond donors (Lipinski definition) is 1. The number of amides is 1. The predicted molar refractivity (Wildman–Crippen MR) is 132 cm³/mol. The van der Waals surface area contributed by atoms with Crippen LogP contribution in [0.25, 0.3) is 5.76 Å². The van der Waals surface area contributed by atoms with Gasteiger partial charge in [0.05, 0.1) is 18.2 Å². The van der Waals surface area contributed by atoms with Crippen molar-refractivity contribution in [3.8, 4) is 5.75 Å². The van der Waals surface area contributed by atoms with Gasteiger partial charge in [0, 0.05) is 31.0 Å². The van der Waals surface area contributed by atoms with E-state index in [0.29, 0.717) is 36.9 Å². The highest BCUT2D eigenvalue weighted by Gasteiger charge is 2.46. The molecule has 1 fully saturated rings. The Bertz CT molecular complexity index is 1020. The van der Waals surface area contributed by atoms with Gasteiger partial charge in [-0.3, -0.25) is 14.6 Å². The smallest absolute Gasteiger partial charge is 0.295 e. The fourth-order valence-corrected chi connectivity index (χ4v) is 4.10. The number of aliphatic hydroxyl groups is 1. The van der Waals surface area contributed by atoms with Crippen LogP contribution in [-0.2, 0) is 9.59 Å². The Hall–Kier alpha value is -3.19. The minimum Gasteiger partial charge on any atom is -0.507 e. The van der Waals surface area contributed by atoms with Gasteiger partial charge < -0.3 is 19.6 Å². The second kappa shape index (κ2) is 11.8. The van der Waals surface area contributed by atoms with Crippen molar-refractivity contribution < 1.29 is 19.4 Å². The van der Waals surface area contributed by atoms with E-state index in [2.05, 4.69) is 37.6 Å². The summed E-state index contributed by atoms with van der Waals surface area (Å²) in [6.45, 7) is 11.7. The number of aliphatic hydroxyl groups excluding tert-OH is 1. The topological polar surface area (TPSA) is 83.0 Å². The van der Waals surface area contributed by atoms with Crippen LogP contribution < -0.4 is 4.74 Å². The van der Waals surface area contributed by atoms with Gasteiger partial charge in [0.2, 0.25) is 0 Å². The summed E-state index contributed by atoms with van der Waals surface area (Å²) in [6.07, 6.45) is 4.02. The van der Waals surface area contributed by atoms with Gasteiger partial charge in [-0.05, 0) is 55.3 Å². The summed E-state index contributed by atoms with van der Waals surface area (Å²) in [7, 11) is 0. The first kappa shape index (κ1) is 25.4. The highest BCUT2D eigenvalue weighted by atomic mass is 16.5. The number of aromatic nitrogens is 1. The molecule has 1 aromatic carbocycles. The maximum atomic E-state index is 13.2. The Morgan fingerprint density at radius 2 is 1.85 bits per heavy atom. The summed E-state index contributed by atoms with van der Waals surface area (Å²) in [5.74, 6) is -0.266. The van der Waals surface area contributed by atoms with Crippen molar-refractivity contribution in [3.63, 3.8) is 0 Å². The summed E-state index contributed by atoms with van der Waals surface area (Å²) in [5, 5.41) is 11.1. The van der Waals surface area contributed by atoms with Crippen molar-refractivity contribution in [2.45, 2.75) is 40.2 Å². The first-order valence-electron chi connectivity index (χ1n) is 12.0. The number of ether oxygens (including phenoxy) is 1. The number of likely N-dealkylation sites (tertiary alicyclic amines) is 1. The number of Topliss-reactive ketones (excluding diaryl/α,β-unsaturated/α-hetero) is 1. The molecule has 0 bridgehead atoms. The second-order valence-corrected chi connectivity index (χ2v) is 8.86. The van der Waals surface area contributed by atoms with Crippen LogP contribution in [0, 0.1) is 5.92 Å². The number of benzene rings is 1. The summed E-state index contributed by atoms with van der Waals surface area (Å²) in [6, 6.07) is 10.0. The average molecular weight is 466 g/mol. The number of rotatable bonds is 11. The number of likely N-dealkylation sites (N-methyl/N-ethyl adjacent to an activating group) is 1. The van der Waals surface area contributed by atoms with Crippen LogP contribution >= 0.6 is 0 Å². The molecule has 1 aliphatic rings. The van der Waals surface area contributed by atoms with E-state index in [9.17, 15) is 14.7 Å². The van der Waals surface area contributed by atoms with Gasteiger partial charge in [-0.1, -0.05) is 39.8 Å². The Morgan fingerprint density at radius 1 is 1.15 bits per heavy atom. The van der Waals surface area contributed by atoms with E-state index in [1.807, 2.05) is 24.3 Å². The molecule has 1 aromatic heterocycles. The summed E-state index contributed by atoms with van der Waals surface area (Å²) in [4.78, 5) is 34.0. The Labute approximate surface area is 202 Å². The molecule has 7 nitrogen and oxygen atoms in total. The fraction of sp³-hybridized carbons (Fsp3) is 0.444. The molecule has 2 aromatic rings. The lowest BCUT2D eigenvalue weighted by molar-refractivity contribution is -0.140. The number of carbonyl (C=O) groups excluding carboxylic acids is 2. The van der Waals surface area contributed by atoms with E-state index in [4.69, 9.17) is 4.74 Å². The molecule has 1 N–H and O–H groups in total. The van der Waals surface area contributed by atoms with Gasteiger partial charge in [-0.2, -0.15) is 0 Å². The lowest BCUT2D eigenvalue weighted by Gasteiger charge is -2.28. The minimum atomic E-state index is -0.697. The maximum Gasteiger partial charge on any atom is 0.295 e. The van der Waals surface area contributed by atoms with Crippen molar-refractivity contribution in [2.24, 2.45) is 5.92 Å². The van der Waals surface area contributed by atoms with Crippen LogP contribution in [0.15, 0.2) is 54.4 Å². The maximum absolute atomic E-state index is 13.2. The third kappa shape index (κ3) is 5.83. The quantitative estimate of drug-likeness (QED) is 0.303. The molecule has 34 heavy (non-hydrogen) atoms. The van der Waals surface area contributed by atoms with Crippen molar-refractivity contribution in [3.05, 3.63) is 65.5 Å². The first-order chi connectivity index (χ1) is 16.4. The molecular weight excluding hydrogens is 430 g/mol. The molecule has 0 saturated carbocycles. The van der Waals surface area contributed by atoms with Gasteiger partial charge in [0.15, 0.2) is 0 Å². The molecule has 0 aliphatic carbocycles. The van der Waals surface area contributed by atoms with Crippen LogP contribution in [0.2, 0.25) is 0 Å². The van der Waals surface area contributed by atoms with Crippen molar-refractivity contribution in [2.75, 3.05) is 32.8 Å². The van der Waals surface area contributed by atoms with Crippen molar-refractivity contribution in [1.82, 2.24) is 14.8 Å². The van der Waals surface area contributed by atoms with Gasteiger partial charge >= 0.3 is 0 Å². The third-order valence-electron chi connectivity index (χ3n) is 6.18. The predicted octanol–water partition coefficient (Wildman–Crippen LogP) is 4.27. The third-order valence-corrected chi connectivity index (χ3v) is 6.18. The molecule has 1 amide bonds. The zero-order chi connectivity index (χ0) is 24.7. The second-order valence-electron chi connectivity index (χ2n) is 8.86. The lowest BCUT2D eigenvalue weighted by atomic mass is 9.95. The summed E-state index contributed by atoms with van der Waals surface area (Å²) in [5.41, 5.74) is 1.28. The van der Waals surface area contributed by atoms with Crippen molar-refractivity contribution in [1.29, 1.82) is 0 Å². The Morgan fingerprint density at radius 3 is 2.50 bits per heavy atom. The monoisotopic (exact) mass is 465 g/mol. The minimum absolute atomic E-state index is 0.0927. The SMILES string of the molecule is CCN(CC)CCN1C(=O)C(=O)/C(=C(/O)c2ccncc2)C1c1cccc(OCCC(C)C)c1. The van der Waals surface area contributed by atoms with E-state index < -0.39 is 17.7 Å². The number of carbonyl (C=O) groups is 2. The Kier molecular flexibility index (Phi) is 8.82. The van der Waals surface area contributed by atoms with Crippen LogP contribution in [0.3, 0.4) is 0 Å². The molecular formula is C27H35N3O4. The van der Waals surface area contributed by atoms with E-state index in [-0.39, 0.29) is 11.3 Å². The summed E-state index contributed by atoms with van der Waals surface area (Å²) < 4.78 is 5.94. The number of ketones is 1. The highest BCUT2D eigenvalue weighted by molar-refractivity contribution is 6.46. The first-order valence-corrected chi connectivity index (χ1v) is 12.0. The van der Waals surface area contributed by atoms with Gasteiger partial charge in [0.1, 0.15) is 11.5 Å². The van der Waals surface area contributed by atoms with Gasteiger partial charge in [-0.15, -0.1) is 0 Å². The standard InChI is InChI=1S/C27H35N3O4/c1-5-29(6-2)15-16-30-24(21-8-7-9-22(18-21)34-17-12-19(3)4)23(26(32)27(30)33)25(31)20-10-13-28-14-11-20/h7-11,13-14,18-19,24,31H,5-6,12,15-17H2,1-4H3/b25-23+. The molecule has 1 saturated heterocycles. The molecule has 7 heteroatoms. The largest absolute Gasteiger partial charge is 0.507 e. The number of nitrogens with zero attached hydrogens (tertiary/aromatic N) is 3. The summed E-state index contributed by atoms with van der Waals surface area (Å²) >= 11 is 0. The van der Waals surface area contributed by atoms with Gasteiger partial charge in [-0.25, -0.2) is 0 Å². The van der Waals surface area contributed by atoms with Crippen molar-refractivity contribution >= 4 is 17.4 Å². The number of hydrogen-bond acceptors (Lipinski definition) is 6. The van der Waals surface area contributed by atoms with Crippen LogP contribution in [0.1, 0.15) is 51.3 Å². The molecule has 0 spiro atoms. The normalized spacial score (nSPS) is 17.7. The fourth-order valence-electron chi connectivity index (χ4n) is 4.10. The molecule has 3 rings (SSSR count). The van der Waals surface area contributed by atoms with Gasteiger partial charge in [0.25, 0.3) is 11.7 Å². The average Bonchev–Trinajstić information content (AvgIpc) is 3.09. The zero-order valence-corrected chi connectivity index (χ0v) is 20.5. The van der Waals surface area contributed by atoms with E-state index >= 15 is 0 Å².